The minimum Gasteiger partial charge on any atom is -0.489 e. The summed E-state index contributed by atoms with van der Waals surface area (Å²) in [5.74, 6) is 0.782. The Bertz CT molecular complexity index is 938. The highest BCUT2D eigenvalue weighted by Gasteiger charge is 2.26. The van der Waals surface area contributed by atoms with Crippen molar-refractivity contribution in [1.29, 1.82) is 0 Å². The molecule has 27 heavy (non-hydrogen) atoms. The van der Waals surface area contributed by atoms with Gasteiger partial charge in [-0.1, -0.05) is 24.9 Å². The number of imidazole rings is 1. The van der Waals surface area contributed by atoms with Crippen molar-refractivity contribution in [2.75, 3.05) is 13.2 Å². The number of aromatic nitrogens is 2. The van der Waals surface area contributed by atoms with Crippen molar-refractivity contribution in [3.63, 3.8) is 0 Å². The average molecular weight is 413 g/mol. The van der Waals surface area contributed by atoms with E-state index in [2.05, 4.69) is 11.9 Å². The maximum atomic E-state index is 13.1. The van der Waals surface area contributed by atoms with Crippen LogP contribution in [0.2, 0.25) is 5.02 Å². The van der Waals surface area contributed by atoms with Crippen molar-refractivity contribution in [2.24, 2.45) is 0 Å². The van der Waals surface area contributed by atoms with Gasteiger partial charge >= 0.3 is 0 Å². The van der Waals surface area contributed by atoms with Gasteiger partial charge in [0.1, 0.15) is 0 Å². The molecule has 0 aliphatic carbocycles. The second kappa shape index (κ2) is 8.10. The fourth-order valence-corrected chi connectivity index (χ4v) is 4.95. The molecule has 6 nitrogen and oxygen atoms in total. The van der Waals surface area contributed by atoms with Gasteiger partial charge in [-0.25, -0.2) is 13.4 Å². The standard InChI is InChI=1S/C19H25ClN2O4S/c1-4-5-7-22-14(3)13(2)21-19(22)27(23,24)12-15-10-16(20)18-17(11-15)25-8-6-9-26-18/h10-11H,4-9,12H2,1-3H3. The van der Waals surface area contributed by atoms with Crippen LogP contribution in [0.3, 0.4) is 0 Å². The molecule has 1 aromatic heterocycles. The molecule has 0 radical (unpaired) electrons. The summed E-state index contributed by atoms with van der Waals surface area (Å²) < 4.78 is 39.3. The molecule has 8 heteroatoms. The van der Waals surface area contributed by atoms with E-state index in [4.69, 9.17) is 21.1 Å². The van der Waals surface area contributed by atoms with Crippen LogP contribution in [0.15, 0.2) is 17.3 Å². The maximum Gasteiger partial charge on any atom is 0.228 e. The molecule has 2 aromatic rings. The summed E-state index contributed by atoms with van der Waals surface area (Å²) in [6.07, 6.45) is 2.63. The van der Waals surface area contributed by atoms with Crippen LogP contribution in [0.1, 0.15) is 43.1 Å². The van der Waals surface area contributed by atoms with E-state index in [1.165, 1.54) is 0 Å². The predicted molar refractivity (Wildman–Crippen MR) is 105 cm³/mol. The third-order valence-corrected chi connectivity index (χ3v) is 6.52. The van der Waals surface area contributed by atoms with Gasteiger partial charge in [-0.3, -0.25) is 0 Å². The van der Waals surface area contributed by atoms with Crippen molar-refractivity contribution in [3.05, 3.63) is 34.1 Å². The molecule has 3 rings (SSSR count). The molecule has 0 fully saturated rings. The van der Waals surface area contributed by atoms with Gasteiger partial charge in [0, 0.05) is 18.7 Å². The first-order valence-corrected chi connectivity index (χ1v) is 11.2. The number of hydrogen-bond acceptors (Lipinski definition) is 5. The topological polar surface area (TPSA) is 70.4 Å². The summed E-state index contributed by atoms with van der Waals surface area (Å²) >= 11 is 6.30. The highest BCUT2D eigenvalue weighted by molar-refractivity contribution is 7.90. The van der Waals surface area contributed by atoms with Crippen LogP contribution in [0.5, 0.6) is 11.5 Å². The van der Waals surface area contributed by atoms with Crippen molar-refractivity contribution >= 4 is 21.4 Å². The highest BCUT2D eigenvalue weighted by atomic mass is 35.5. The zero-order valence-electron chi connectivity index (χ0n) is 15.9. The second-order valence-corrected chi connectivity index (χ2v) is 9.08. The number of benzene rings is 1. The quantitative estimate of drug-likeness (QED) is 0.714. The molecule has 1 aromatic carbocycles. The van der Waals surface area contributed by atoms with Crippen LogP contribution < -0.4 is 9.47 Å². The summed E-state index contributed by atoms with van der Waals surface area (Å²) in [6.45, 7) is 7.49. The normalized spacial score (nSPS) is 14.2. The van der Waals surface area contributed by atoms with Gasteiger partial charge in [0.05, 0.1) is 29.7 Å². The first-order chi connectivity index (χ1) is 12.8. The molecule has 0 N–H and O–H groups in total. The predicted octanol–water partition coefficient (Wildman–Crippen LogP) is 4.09. The molecular formula is C19H25ClN2O4S. The van der Waals surface area contributed by atoms with E-state index in [-0.39, 0.29) is 10.9 Å². The molecule has 0 spiro atoms. The fourth-order valence-electron chi connectivity index (χ4n) is 3.09. The summed E-state index contributed by atoms with van der Waals surface area (Å²) in [6, 6.07) is 3.33. The van der Waals surface area contributed by atoms with E-state index < -0.39 is 9.84 Å². The number of hydrogen-bond donors (Lipinski definition) is 0. The lowest BCUT2D eigenvalue weighted by Gasteiger charge is -2.13. The maximum absolute atomic E-state index is 13.1. The van der Waals surface area contributed by atoms with Crippen LogP contribution >= 0.6 is 11.6 Å². The van der Waals surface area contributed by atoms with E-state index >= 15 is 0 Å². The van der Waals surface area contributed by atoms with Crippen molar-refractivity contribution in [2.45, 2.75) is 57.5 Å². The van der Waals surface area contributed by atoms with Crippen molar-refractivity contribution in [1.82, 2.24) is 9.55 Å². The van der Waals surface area contributed by atoms with Crippen LogP contribution in [-0.2, 0) is 22.1 Å². The number of fused-ring (bicyclic) bond motifs is 1. The van der Waals surface area contributed by atoms with E-state index in [0.717, 1.165) is 30.7 Å². The molecule has 0 saturated carbocycles. The largest absolute Gasteiger partial charge is 0.489 e. The lowest BCUT2D eigenvalue weighted by atomic mass is 10.2. The van der Waals surface area contributed by atoms with E-state index in [1.54, 1.807) is 16.7 Å². The lowest BCUT2D eigenvalue weighted by Crippen LogP contribution is -2.14. The van der Waals surface area contributed by atoms with Gasteiger partial charge in [-0.05, 0) is 38.0 Å². The minimum atomic E-state index is -3.63. The SMILES string of the molecule is CCCCn1c(S(=O)(=O)Cc2cc(Cl)c3c(c2)OCCCO3)nc(C)c1C. The van der Waals surface area contributed by atoms with E-state index in [1.807, 2.05) is 13.8 Å². The molecule has 148 valence electrons. The van der Waals surface area contributed by atoms with Gasteiger partial charge in [0.15, 0.2) is 11.5 Å². The third-order valence-electron chi connectivity index (χ3n) is 4.65. The van der Waals surface area contributed by atoms with Gasteiger partial charge in [-0.2, -0.15) is 0 Å². The van der Waals surface area contributed by atoms with Gasteiger partial charge in [-0.15, -0.1) is 0 Å². The van der Waals surface area contributed by atoms with Gasteiger partial charge < -0.3 is 14.0 Å². The Hall–Kier alpha value is -1.73. The zero-order valence-corrected chi connectivity index (χ0v) is 17.5. The Morgan fingerprint density at radius 3 is 2.70 bits per heavy atom. The highest BCUT2D eigenvalue weighted by Crippen LogP contribution is 2.38. The number of halogens is 1. The van der Waals surface area contributed by atoms with Crippen LogP contribution in [0.4, 0.5) is 0 Å². The third kappa shape index (κ3) is 4.24. The lowest BCUT2D eigenvalue weighted by molar-refractivity contribution is 0.297. The first-order valence-electron chi connectivity index (χ1n) is 9.18. The summed E-state index contributed by atoms with van der Waals surface area (Å²) in [5, 5.41) is 0.482. The summed E-state index contributed by atoms with van der Waals surface area (Å²) in [4.78, 5) is 4.34. The Morgan fingerprint density at radius 1 is 1.22 bits per heavy atom. The molecule has 0 unspecified atom stereocenters. The van der Waals surface area contributed by atoms with E-state index in [0.29, 0.717) is 41.8 Å². The number of unbranched alkanes of at least 4 members (excludes halogenated alkanes) is 1. The van der Waals surface area contributed by atoms with Crippen LogP contribution in [-0.4, -0.2) is 31.2 Å². The first kappa shape index (κ1) is 20.0. The average Bonchev–Trinajstić information content (AvgIpc) is 2.77. The Balaban J connectivity index is 1.95. The minimum absolute atomic E-state index is 0.120. The molecule has 1 aliphatic heterocycles. The Kier molecular flexibility index (Phi) is 6.01. The zero-order chi connectivity index (χ0) is 19.6. The van der Waals surface area contributed by atoms with Crippen LogP contribution in [0, 0.1) is 13.8 Å². The molecule has 0 saturated heterocycles. The number of ether oxygens (including phenoxy) is 2. The molecule has 1 aliphatic rings. The molecule has 0 bridgehead atoms. The second-order valence-electron chi connectivity index (χ2n) is 6.78. The smallest absolute Gasteiger partial charge is 0.228 e. The number of nitrogens with zero attached hydrogens (tertiary/aromatic N) is 2. The van der Waals surface area contributed by atoms with Crippen molar-refractivity contribution < 1.29 is 17.9 Å². The number of sulfone groups is 1. The molecular weight excluding hydrogens is 388 g/mol. The number of rotatable bonds is 6. The van der Waals surface area contributed by atoms with E-state index in [9.17, 15) is 8.42 Å². The van der Waals surface area contributed by atoms with Crippen molar-refractivity contribution in [3.8, 4) is 11.5 Å². The fraction of sp³-hybridized carbons (Fsp3) is 0.526. The molecule has 0 atom stereocenters. The number of aryl methyl sites for hydroxylation is 1. The summed E-state index contributed by atoms with van der Waals surface area (Å²) in [7, 11) is -3.63. The summed E-state index contributed by atoms with van der Waals surface area (Å²) in [5.41, 5.74) is 2.18. The monoisotopic (exact) mass is 412 g/mol. The Labute approximate surface area is 165 Å². The van der Waals surface area contributed by atoms with Crippen LogP contribution in [0.25, 0.3) is 0 Å². The van der Waals surface area contributed by atoms with Gasteiger partial charge in [0.2, 0.25) is 15.0 Å². The molecule has 2 heterocycles. The Morgan fingerprint density at radius 2 is 1.96 bits per heavy atom. The molecule has 0 amide bonds. The van der Waals surface area contributed by atoms with Gasteiger partial charge in [0.25, 0.3) is 0 Å².